The van der Waals surface area contributed by atoms with E-state index in [2.05, 4.69) is 9.98 Å². The number of fused-ring (bicyclic) bond motifs is 2. The minimum atomic E-state index is 0.0866. The third kappa shape index (κ3) is 1.26. The van der Waals surface area contributed by atoms with Crippen LogP contribution in [0.5, 0.6) is 5.75 Å². The molecule has 0 amide bonds. The van der Waals surface area contributed by atoms with Gasteiger partial charge in [-0.3, -0.25) is 14.8 Å². The fourth-order valence-corrected chi connectivity index (χ4v) is 1.70. The van der Waals surface area contributed by atoms with Crippen LogP contribution in [0.3, 0.4) is 0 Å². The Morgan fingerprint density at radius 2 is 2.00 bits per heavy atom. The average Bonchev–Trinajstić information content (AvgIpc) is 2.27. The number of carbonyl (C=O) groups excluding carboxylic acids is 1. The van der Waals surface area contributed by atoms with Crippen LogP contribution >= 0.6 is 0 Å². The molecule has 0 bridgehead atoms. The summed E-state index contributed by atoms with van der Waals surface area (Å²) < 4.78 is 5.39. The van der Waals surface area contributed by atoms with Crippen LogP contribution in [0.25, 0.3) is 0 Å². The van der Waals surface area contributed by atoms with E-state index in [0.717, 1.165) is 0 Å². The van der Waals surface area contributed by atoms with Gasteiger partial charge in [-0.15, -0.1) is 0 Å². The Labute approximate surface area is 86.3 Å². The molecule has 0 aromatic heterocycles. The highest BCUT2D eigenvalue weighted by Gasteiger charge is 2.18. The maximum absolute atomic E-state index is 11.6. The van der Waals surface area contributed by atoms with Crippen LogP contribution in [0.15, 0.2) is 22.1 Å². The summed E-state index contributed by atoms with van der Waals surface area (Å²) in [5, 5.41) is 0. The monoisotopic (exact) mass is 200 g/mol. The van der Waals surface area contributed by atoms with Gasteiger partial charge < -0.3 is 4.74 Å². The molecule has 3 rings (SSSR count). The second-order valence-electron chi connectivity index (χ2n) is 3.40. The minimum absolute atomic E-state index is 0.0866. The number of aliphatic imine (C=N–C) groups is 2. The Balaban J connectivity index is 2.23. The zero-order valence-corrected chi connectivity index (χ0v) is 7.93. The van der Waals surface area contributed by atoms with Crippen molar-refractivity contribution in [3.05, 3.63) is 17.7 Å². The molecule has 1 aromatic carbocycles. The number of ether oxygens (including phenoxy) is 1. The highest BCUT2D eigenvalue weighted by Crippen LogP contribution is 2.37. The lowest BCUT2D eigenvalue weighted by Crippen LogP contribution is -2.07. The molecule has 0 atom stereocenters. The van der Waals surface area contributed by atoms with E-state index in [0.29, 0.717) is 35.7 Å². The summed E-state index contributed by atoms with van der Waals surface area (Å²) >= 11 is 0. The lowest BCUT2D eigenvalue weighted by molar-refractivity contribution is 0.100. The fraction of sp³-hybridized carbons (Fsp3) is 0.182. The standard InChI is InChI=1S/C11H8N2O2/c14-10-1-2-12-8-6-11-9(5-7(8)10)13-3-4-15-11/h2-3,5-6H,1,4H2. The first-order chi connectivity index (χ1) is 7.34. The van der Waals surface area contributed by atoms with Crippen molar-refractivity contribution < 1.29 is 9.53 Å². The number of carbonyl (C=O) groups is 1. The van der Waals surface area contributed by atoms with Crippen molar-refractivity contribution in [2.24, 2.45) is 9.98 Å². The third-order valence-corrected chi connectivity index (χ3v) is 2.43. The second-order valence-corrected chi connectivity index (χ2v) is 3.40. The topological polar surface area (TPSA) is 51.0 Å². The summed E-state index contributed by atoms with van der Waals surface area (Å²) in [7, 11) is 0. The summed E-state index contributed by atoms with van der Waals surface area (Å²) in [6.45, 7) is 0.476. The van der Waals surface area contributed by atoms with Crippen molar-refractivity contribution in [3.8, 4) is 5.75 Å². The molecule has 0 saturated heterocycles. The van der Waals surface area contributed by atoms with Crippen molar-refractivity contribution in [1.82, 2.24) is 0 Å². The van der Waals surface area contributed by atoms with E-state index in [9.17, 15) is 4.79 Å². The van der Waals surface area contributed by atoms with Gasteiger partial charge in [0.2, 0.25) is 0 Å². The minimum Gasteiger partial charge on any atom is -0.486 e. The van der Waals surface area contributed by atoms with Crippen LogP contribution in [-0.4, -0.2) is 24.8 Å². The van der Waals surface area contributed by atoms with Gasteiger partial charge in [-0.05, 0) is 6.07 Å². The summed E-state index contributed by atoms with van der Waals surface area (Å²) in [5.74, 6) is 0.784. The van der Waals surface area contributed by atoms with E-state index < -0.39 is 0 Å². The Bertz CT molecular complexity index is 504. The number of hydrogen-bond acceptors (Lipinski definition) is 4. The van der Waals surface area contributed by atoms with Crippen LogP contribution in [0, 0.1) is 0 Å². The maximum atomic E-state index is 11.6. The molecule has 2 aliphatic rings. The van der Waals surface area contributed by atoms with Gasteiger partial charge in [-0.2, -0.15) is 0 Å². The SMILES string of the molecule is O=C1CC=Nc2cc3c(cc21)N=CCO3. The van der Waals surface area contributed by atoms with Crippen molar-refractivity contribution >= 4 is 29.6 Å². The molecular weight excluding hydrogens is 192 g/mol. The van der Waals surface area contributed by atoms with Crippen LogP contribution in [0.4, 0.5) is 11.4 Å². The molecule has 0 fully saturated rings. The Morgan fingerprint density at radius 3 is 2.93 bits per heavy atom. The number of ketones is 1. The normalized spacial score (nSPS) is 16.9. The van der Waals surface area contributed by atoms with Crippen LogP contribution < -0.4 is 4.74 Å². The molecular formula is C11H8N2O2. The molecule has 1 aromatic rings. The lowest BCUT2D eigenvalue weighted by Gasteiger charge is -2.15. The second kappa shape index (κ2) is 3.02. The molecule has 0 unspecified atom stereocenters. The van der Waals surface area contributed by atoms with Gasteiger partial charge in [0.25, 0.3) is 0 Å². The quantitative estimate of drug-likeness (QED) is 0.643. The number of nitrogens with zero attached hydrogens (tertiary/aromatic N) is 2. The van der Waals surface area contributed by atoms with Gasteiger partial charge in [0.15, 0.2) is 5.78 Å². The number of hydrogen-bond donors (Lipinski definition) is 0. The van der Waals surface area contributed by atoms with E-state index in [4.69, 9.17) is 4.74 Å². The van der Waals surface area contributed by atoms with Crippen molar-refractivity contribution in [3.63, 3.8) is 0 Å². The molecule has 0 radical (unpaired) electrons. The molecule has 2 aliphatic heterocycles. The van der Waals surface area contributed by atoms with Crippen molar-refractivity contribution in [2.45, 2.75) is 6.42 Å². The number of rotatable bonds is 0. The zero-order chi connectivity index (χ0) is 10.3. The molecule has 15 heavy (non-hydrogen) atoms. The van der Waals surface area contributed by atoms with E-state index >= 15 is 0 Å². The molecule has 0 aliphatic carbocycles. The lowest BCUT2D eigenvalue weighted by atomic mass is 10.0. The largest absolute Gasteiger partial charge is 0.486 e. The first-order valence-corrected chi connectivity index (χ1v) is 4.74. The van der Waals surface area contributed by atoms with Gasteiger partial charge in [0.05, 0.1) is 5.69 Å². The Kier molecular flexibility index (Phi) is 1.68. The summed E-state index contributed by atoms with van der Waals surface area (Å²) in [6, 6.07) is 3.52. The molecule has 74 valence electrons. The molecule has 2 heterocycles. The van der Waals surface area contributed by atoms with E-state index in [-0.39, 0.29) is 5.78 Å². The molecule has 4 heteroatoms. The van der Waals surface area contributed by atoms with Crippen molar-refractivity contribution in [2.75, 3.05) is 6.61 Å². The summed E-state index contributed by atoms with van der Waals surface area (Å²) in [5.41, 5.74) is 2.03. The molecule has 4 nitrogen and oxygen atoms in total. The van der Waals surface area contributed by atoms with Gasteiger partial charge in [0, 0.05) is 30.5 Å². The van der Waals surface area contributed by atoms with Gasteiger partial charge >= 0.3 is 0 Å². The van der Waals surface area contributed by atoms with Gasteiger partial charge in [-0.1, -0.05) is 0 Å². The van der Waals surface area contributed by atoms with E-state index in [1.54, 1.807) is 24.6 Å². The van der Waals surface area contributed by atoms with Crippen molar-refractivity contribution in [1.29, 1.82) is 0 Å². The predicted octanol–water partition coefficient (Wildman–Crippen LogP) is 2.07. The van der Waals surface area contributed by atoms with Crippen LogP contribution in [-0.2, 0) is 0 Å². The Morgan fingerprint density at radius 1 is 1.13 bits per heavy atom. The van der Waals surface area contributed by atoms with E-state index in [1.165, 1.54) is 0 Å². The average molecular weight is 200 g/mol. The zero-order valence-electron chi connectivity index (χ0n) is 7.93. The van der Waals surface area contributed by atoms with Gasteiger partial charge in [0.1, 0.15) is 18.0 Å². The summed E-state index contributed by atoms with van der Waals surface area (Å²) in [4.78, 5) is 19.9. The number of Topliss-reactive ketones (excluding diaryl/α,β-unsaturated/α-hetero) is 1. The summed E-state index contributed by atoms with van der Waals surface area (Å²) in [6.07, 6.45) is 3.69. The first kappa shape index (κ1) is 8.35. The molecule has 0 saturated carbocycles. The maximum Gasteiger partial charge on any atom is 0.170 e. The first-order valence-electron chi connectivity index (χ1n) is 4.74. The fourth-order valence-electron chi connectivity index (χ4n) is 1.70. The predicted molar refractivity (Wildman–Crippen MR) is 57.2 cm³/mol. The molecule has 0 spiro atoms. The molecule has 0 N–H and O–H groups in total. The van der Waals surface area contributed by atoms with E-state index in [1.807, 2.05) is 0 Å². The number of benzene rings is 1. The highest BCUT2D eigenvalue weighted by atomic mass is 16.5. The highest BCUT2D eigenvalue weighted by molar-refractivity contribution is 6.10. The Hall–Kier alpha value is -1.97. The van der Waals surface area contributed by atoms with Gasteiger partial charge in [-0.25, -0.2) is 0 Å². The third-order valence-electron chi connectivity index (χ3n) is 2.43. The van der Waals surface area contributed by atoms with Crippen LogP contribution in [0.1, 0.15) is 16.8 Å². The van der Waals surface area contributed by atoms with Crippen LogP contribution in [0.2, 0.25) is 0 Å². The smallest absolute Gasteiger partial charge is 0.170 e.